The zero-order chi connectivity index (χ0) is 19.2. The summed E-state index contributed by atoms with van der Waals surface area (Å²) in [4.78, 5) is 12.5. The van der Waals surface area contributed by atoms with Crippen molar-refractivity contribution in [2.45, 2.75) is 52.4 Å². The minimum atomic E-state index is -0.247. The van der Waals surface area contributed by atoms with Crippen molar-refractivity contribution in [1.82, 2.24) is 0 Å². The van der Waals surface area contributed by atoms with E-state index in [1.165, 1.54) is 25.0 Å². The minimum absolute atomic E-state index is 0.0231. The van der Waals surface area contributed by atoms with Gasteiger partial charge in [-0.2, -0.15) is 0 Å². The normalized spacial score (nSPS) is 20.9. The molecule has 0 amide bonds. The number of rotatable bonds is 6. The fourth-order valence-corrected chi connectivity index (χ4v) is 3.93. The predicted octanol–water partition coefficient (Wildman–Crippen LogP) is 6.64. The van der Waals surface area contributed by atoms with Gasteiger partial charge in [0.25, 0.3) is 0 Å². The van der Waals surface area contributed by atoms with Gasteiger partial charge in [-0.05, 0) is 79.3 Å². The predicted molar refractivity (Wildman–Crippen MR) is 107 cm³/mol. The number of carbonyl (C=O) groups excluding carboxylic acids is 1. The molecule has 0 aliphatic heterocycles. The first kappa shape index (κ1) is 19.6. The first-order valence-electron chi connectivity index (χ1n) is 10.1. The third-order valence-corrected chi connectivity index (χ3v) is 5.86. The molecule has 2 aromatic rings. The number of benzene rings is 2. The van der Waals surface area contributed by atoms with Crippen LogP contribution in [-0.2, 0) is 4.79 Å². The highest BCUT2D eigenvalue weighted by Gasteiger charge is 2.28. The molecule has 2 aromatic carbocycles. The van der Waals surface area contributed by atoms with E-state index in [1.807, 2.05) is 24.3 Å². The molecule has 0 radical (unpaired) electrons. The highest BCUT2D eigenvalue weighted by Crippen LogP contribution is 2.34. The highest BCUT2D eigenvalue weighted by atomic mass is 19.1. The van der Waals surface area contributed by atoms with E-state index in [9.17, 15) is 9.18 Å². The summed E-state index contributed by atoms with van der Waals surface area (Å²) in [5.74, 6) is 1.79. The smallest absolute Gasteiger partial charge is 0.314 e. The van der Waals surface area contributed by atoms with Crippen LogP contribution in [0.15, 0.2) is 48.5 Å². The van der Waals surface area contributed by atoms with Crippen molar-refractivity contribution >= 4 is 5.97 Å². The van der Waals surface area contributed by atoms with Crippen LogP contribution in [0.2, 0.25) is 0 Å². The van der Waals surface area contributed by atoms with Crippen molar-refractivity contribution in [3.8, 4) is 16.9 Å². The third kappa shape index (κ3) is 5.41. The van der Waals surface area contributed by atoms with Gasteiger partial charge in [0.1, 0.15) is 11.6 Å². The van der Waals surface area contributed by atoms with Gasteiger partial charge in [0.05, 0.1) is 5.92 Å². The lowest BCUT2D eigenvalue weighted by atomic mass is 9.78. The van der Waals surface area contributed by atoms with Gasteiger partial charge in [0.2, 0.25) is 0 Å². The molecule has 0 saturated heterocycles. The molecule has 1 aliphatic rings. The van der Waals surface area contributed by atoms with E-state index in [0.29, 0.717) is 5.75 Å². The van der Waals surface area contributed by atoms with Gasteiger partial charge in [0.15, 0.2) is 0 Å². The Morgan fingerprint density at radius 3 is 2.11 bits per heavy atom. The standard InChI is InChI=1S/C24H29FO2/c1-3-17(2)16-18-4-6-21(7-5-18)24(26)27-23-14-10-20(11-15-23)19-8-12-22(25)13-9-19/h8-15,17-18,21H,3-7,16H2,1-2H3/t17?,18-,21-. The zero-order valence-corrected chi connectivity index (χ0v) is 16.3. The maximum atomic E-state index is 13.0. The highest BCUT2D eigenvalue weighted by molar-refractivity contribution is 5.75. The molecule has 0 bridgehead atoms. The summed E-state index contributed by atoms with van der Waals surface area (Å²) < 4.78 is 18.6. The third-order valence-electron chi connectivity index (χ3n) is 5.86. The number of carbonyl (C=O) groups is 1. The molecule has 1 atom stereocenters. The van der Waals surface area contributed by atoms with Crippen molar-refractivity contribution in [2.24, 2.45) is 17.8 Å². The Morgan fingerprint density at radius 1 is 1.00 bits per heavy atom. The van der Waals surface area contributed by atoms with Gasteiger partial charge < -0.3 is 4.74 Å². The van der Waals surface area contributed by atoms with E-state index in [1.54, 1.807) is 12.1 Å². The van der Waals surface area contributed by atoms with Crippen LogP contribution in [-0.4, -0.2) is 5.97 Å². The largest absolute Gasteiger partial charge is 0.426 e. The molecule has 0 heterocycles. The van der Waals surface area contributed by atoms with Crippen LogP contribution in [0.3, 0.4) is 0 Å². The van der Waals surface area contributed by atoms with E-state index in [0.717, 1.165) is 48.6 Å². The molecule has 3 heteroatoms. The number of hydrogen-bond donors (Lipinski definition) is 0. The molecule has 1 saturated carbocycles. The molecule has 0 aromatic heterocycles. The summed E-state index contributed by atoms with van der Waals surface area (Å²) in [6, 6.07) is 13.8. The van der Waals surface area contributed by atoms with Gasteiger partial charge in [-0.3, -0.25) is 4.79 Å². The maximum Gasteiger partial charge on any atom is 0.314 e. The summed E-state index contributed by atoms with van der Waals surface area (Å²) in [6.07, 6.45) is 6.65. The summed E-state index contributed by atoms with van der Waals surface area (Å²) in [5, 5.41) is 0. The first-order valence-corrected chi connectivity index (χ1v) is 10.1. The summed E-state index contributed by atoms with van der Waals surface area (Å²) >= 11 is 0. The summed E-state index contributed by atoms with van der Waals surface area (Å²) in [7, 11) is 0. The Hall–Kier alpha value is -2.16. The van der Waals surface area contributed by atoms with Crippen molar-refractivity contribution < 1.29 is 13.9 Å². The van der Waals surface area contributed by atoms with Crippen LogP contribution in [0.5, 0.6) is 5.75 Å². The maximum absolute atomic E-state index is 13.0. The van der Waals surface area contributed by atoms with Crippen LogP contribution in [0, 0.1) is 23.6 Å². The molecule has 0 N–H and O–H groups in total. The molecule has 144 valence electrons. The lowest BCUT2D eigenvalue weighted by Gasteiger charge is -2.28. The van der Waals surface area contributed by atoms with E-state index >= 15 is 0 Å². The van der Waals surface area contributed by atoms with Crippen LogP contribution in [0.25, 0.3) is 11.1 Å². The van der Waals surface area contributed by atoms with Gasteiger partial charge in [-0.1, -0.05) is 44.5 Å². The van der Waals surface area contributed by atoms with Crippen molar-refractivity contribution in [3.05, 3.63) is 54.3 Å². The van der Waals surface area contributed by atoms with Gasteiger partial charge in [0, 0.05) is 0 Å². The quantitative estimate of drug-likeness (QED) is 0.422. The Morgan fingerprint density at radius 2 is 1.56 bits per heavy atom. The average Bonchev–Trinajstić information content (AvgIpc) is 2.69. The fourth-order valence-electron chi connectivity index (χ4n) is 3.93. The van der Waals surface area contributed by atoms with E-state index in [4.69, 9.17) is 4.74 Å². The van der Waals surface area contributed by atoms with Crippen LogP contribution >= 0.6 is 0 Å². The average molecular weight is 368 g/mol. The van der Waals surface area contributed by atoms with Gasteiger partial charge >= 0.3 is 5.97 Å². The lowest BCUT2D eigenvalue weighted by Crippen LogP contribution is -2.26. The summed E-state index contributed by atoms with van der Waals surface area (Å²) in [6.45, 7) is 4.56. The van der Waals surface area contributed by atoms with Crippen molar-refractivity contribution in [1.29, 1.82) is 0 Å². The Bertz CT molecular complexity index is 728. The SMILES string of the molecule is CCC(C)C[C@H]1CC[C@H](C(=O)Oc2ccc(-c3ccc(F)cc3)cc2)CC1. The van der Waals surface area contributed by atoms with Crippen LogP contribution < -0.4 is 4.74 Å². The second kappa shape index (κ2) is 9.16. The van der Waals surface area contributed by atoms with Crippen LogP contribution in [0.4, 0.5) is 4.39 Å². The van der Waals surface area contributed by atoms with E-state index in [-0.39, 0.29) is 17.7 Å². The Kier molecular flexibility index (Phi) is 6.65. The fraction of sp³-hybridized carbons (Fsp3) is 0.458. The first-order chi connectivity index (χ1) is 13.0. The zero-order valence-electron chi connectivity index (χ0n) is 16.3. The van der Waals surface area contributed by atoms with Crippen LogP contribution in [0.1, 0.15) is 52.4 Å². The topological polar surface area (TPSA) is 26.3 Å². The monoisotopic (exact) mass is 368 g/mol. The number of esters is 1. The van der Waals surface area contributed by atoms with E-state index in [2.05, 4.69) is 13.8 Å². The number of ether oxygens (including phenoxy) is 1. The molecular formula is C24H29FO2. The molecule has 2 nitrogen and oxygen atoms in total. The molecule has 0 spiro atoms. The van der Waals surface area contributed by atoms with Gasteiger partial charge in [-0.25, -0.2) is 4.39 Å². The number of halogens is 1. The lowest BCUT2D eigenvalue weighted by molar-refractivity contribution is -0.140. The molecular weight excluding hydrogens is 339 g/mol. The Labute approximate surface area is 161 Å². The van der Waals surface area contributed by atoms with Crippen molar-refractivity contribution in [3.63, 3.8) is 0 Å². The number of hydrogen-bond acceptors (Lipinski definition) is 2. The second-order valence-electron chi connectivity index (χ2n) is 7.92. The van der Waals surface area contributed by atoms with Gasteiger partial charge in [-0.15, -0.1) is 0 Å². The summed E-state index contributed by atoms with van der Waals surface area (Å²) in [5.41, 5.74) is 1.91. The second-order valence-corrected chi connectivity index (χ2v) is 7.92. The van der Waals surface area contributed by atoms with E-state index < -0.39 is 0 Å². The molecule has 3 rings (SSSR count). The Balaban J connectivity index is 1.52. The molecule has 27 heavy (non-hydrogen) atoms. The molecule has 1 aliphatic carbocycles. The van der Waals surface area contributed by atoms with Crippen molar-refractivity contribution in [2.75, 3.05) is 0 Å². The minimum Gasteiger partial charge on any atom is -0.426 e. The molecule has 1 fully saturated rings. The molecule has 1 unspecified atom stereocenters.